The molecule has 84 valence electrons. The summed E-state index contributed by atoms with van der Waals surface area (Å²) in [5.74, 6) is 0. The number of nitriles is 1. The summed E-state index contributed by atoms with van der Waals surface area (Å²) >= 11 is 0. The summed E-state index contributed by atoms with van der Waals surface area (Å²) in [6, 6.07) is 5.27. The Morgan fingerprint density at radius 2 is 2.06 bits per heavy atom. The van der Waals surface area contributed by atoms with E-state index in [-0.39, 0.29) is 5.69 Å². The van der Waals surface area contributed by atoms with Gasteiger partial charge in [-0.3, -0.25) is 10.1 Å². The van der Waals surface area contributed by atoms with E-state index in [2.05, 4.69) is 5.32 Å². The highest BCUT2D eigenvalue weighted by atomic mass is 16.6. The SMILES string of the molecule is Cc1cc(NCCC#N)c([N+](=O)[O-])cc1C. The topological polar surface area (TPSA) is 79.0 Å². The van der Waals surface area contributed by atoms with E-state index in [1.54, 1.807) is 12.1 Å². The first-order valence-electron chi connectivity index (χ1n) is 4.92. The standard InChI is InChI=1S/C11H13N3O2/c1-8-6-10(13-5-3-4-12)11(14(15)16)7-9(8)2/h6-7,13H,3,5H2,1-2H3. The minimum atomic E-state index is -0.416. The molecule has 0 radical (unpaired) electrons. The van der Waals surface area contributed by atoms with Gasteiger partial charge in [0, 0.05) is 12.6 Å². The molecule has 0 heterocycles. The zero-order valence-corrected chi connectivity index (χ0v) is 9.28. The number of nitrogens with zero attached hydrogens (tertiary/aromatic N) is 2. The normalized spacial score (nSPS) is 9.56. The molecule has 0 aliphatic heterocycles. The van der Waals surface area contributed by atoms with E-state index in [1.165, 1.54) is 0 Å². The van der Waals surface area contributed by atoms with Crippen LogP contribution < -0.4 is 5.32 Å². The third kappa shape index (κ3) is 2.70. The third-order valence-electron chi connectivity index (χ3n) is 2.36. The second kappa shape index (κ2) is 5.12. The van der Waals surface area contributed by atoms with Crippen molar-refractivity contribution in [3.63, 3.8) is 0 Å². The molecule has 0 fully saturated rings. The Bertz CT molecular complexity index is 449. The van der Waals surface area contributed by atoms with Crippen LogP contribution in [0.4, 0.5) is 11.4 Å². The highest BCUT2D eigenvalue weighted by Gasteiger charge is 2.14. The average molecular weight is 219 g/mol. The van der Waals surface area contributed by atoms with Crippen molar-refractivity contribution in [2.24, 2.45) is 0 Å². The molecule has 1 aromatic rings. The zero-order chi connectivity index (χ0) is 12.1. The molecular weight excluding hydrogens is 206 g/mol. The molecule has 5 nitrogen and oxygen atoms in total. The van der Waals surface area contributed by atoms with Gasteiger partial charge in [-0.1, -0.05) is 0 Å². The number of nitro groups is 1. The molecule has 0 bridgehead atoms. The van der Waals surface area contributed by atoms with Crippen LogP contribution in [0.3, 0.4) is 0 Å². The van der Waals surface area contributed by atoms with E-state index in [1.807, 2.05) is 19.9 Å². The summed E-state index contributed by atoms with van der Waals surface area (Å²) in [6.45, 7) is 4.15. The lowest BCUT2D eigenvalue weighted by molar-refractivity contribution is -0.384. The van der Waals surface area contributed by atoms with Crippen LogP contribution in [0.5, 0.6) is 0 Å². The molecule has 0 amide bonds. The maximum Gasteiger partial charge on any atom is 0.292 e. The molecule has 0 aromatic heterocycles. The third-order valence-corrected chi connectivity index (χ3v) is 2.36. The van der Waals surface area contributed by atoms with Gasteiger partial charge < -0.3 is 5.32 Å². The lowest BCUT2D eigenvalue weighted by Crippen LogP contribution is -2.04. The Labute approximate surface area is 93.9 Å². The van der Waals surface area contributed by atoms with E-state index in [9.17, 15) is 10.1 Å². The van der Waals surface area contributed by atoms with Crippen LogP contribution >= 0.6 is 0 Å². The largest absolute Gasteiger partial charge is 0.378 e. The predicted molar refractivity (Wildman–Crippen MR) is 61.3 cm³/mol. The number of anilines is 1. The van der Waals surface area contributed by atoms with Crippen LogP contribution in [0.2, 0.25) is 0 Å². The van der Waals surface area contributed by atoms with Crippen LogP contribution in [-0.4, -0.2) is 11.5 Å². The van der Waals surface area contributed by atoms with E-state index in [4.69, 9.17) is 5.26 Å². The Balaban J connectivity index is 3.01. The molecule has 0 spiro atoms. The summed E-state index contributed by atoms with van der Waals surface area (Å²) < 4.78 is 0. The Hall–Kier alpha value is -2.09. The van der Waals surface area contributed by atoms with Gasteiger partial charge in [0.25, 0.3) is 5.69 Å². The molecule has 1 N–H and O–H groups in total. The molecule has 0 aliphatic carbocycles. The Kier molecular flexibility index (Phi) is 3.84. The van der Waals surface area contributed by atoms with E-state index < -0.39 is 4.92 Å². The molecule has 1 aromatic carbocycles. The summed E-state index contributed by atoms with van der Waals surface area (Å²) in [5, 5.41) is 22.1. The lowest BCUT2D eigenvalue weighted by atomic mass is 10.1. The van der Waals surface area contributed by atoms with Gasteiger partial charge in [-0.15, -0.1) is 0 Å². The maximum absolute atomic E-state index is 10.8. The molecular formula is C11H13N3O2. The first-order chi connectivity index (χ1) is 7.56. The van der Waals surface area contributed by atoms with Crippen molar-refractivity contribution in [3.05, 3.63) is 33.4 Å². The van der Waals surface area contributed by atoms with Crippen LogP contribution in [0.15, 0.2) is 12.1 Å². The number of rotatable bonds is 4. The summed E-state index contributed by atoms with van der Waals surface area (Å²) in [7, 11) is 0. The first-order valence-corrected chi connectivity index (χ1v) is 4.92. The van der Waals surface area contributed by atoms with E-state index in [0.717, 1.165) is 11.1 Å². The molecule has 5 heteroatoms. The summed E-state index contributed by atoms with van der Waals surface area (Å²) in [6.07, 6.45) is 0.323. The fourth-order valence-corrected chi connectivity index (χ4v) is 1.35. The molecule has 0 aliphatic rings. The minimum absolute atomic E-state index is 0.0565. The Morgan fingerprint density at radius 1 is 1.44 bits per heavy atom. The van der Waals surface area contributed by atoms with Crippen LogP contribution in [0.25, 0.3) is 0 Å². The number of aryl methyl sites for hydroxylation is 2. The fraction of sp³-hybridized carbons (Fsp3) is 0.364. The second-order valence-corrected chi connectivity index (χ2v) is 3.55. The highest BCUT2D eigenvalue weighted by molar-refractivity contribution is 5.64. The van der Waals surface area contributed by atoms with Gasteiger partial charge in [-0.05, 0) is 31.0 Å². The summed E-state index contributed by atoms with van der Waals surface area (Å²) in [4.78, 5) is 10.4. The van der Waals surface area contributed by atoms with Gasteiger partial charge in [0.2, 0.25) is 0 Å². The first kappa shape index (κ1) is 12.0. The molecule has 0 saturated carbocycles. The fourth-order valence-electron chi connectivity index (χ4n) is 1.35. The van der Waals surface area contributed by atoms with Crippen molar-refractivity contribution < 1.29 is 4.92 Å². The minimum Gasteiger partial charge on any atom is -0.378 e. The summed E-state index contributed by atoms with van der Waals surface area (Å²) in [5.41, 5.74) is 2.41. The number of hydrogen-bond donors (Lipinski definition) is 1. The van der Waals surface area contributed by atoms with Gasteiger partial charge in [0.1, 0.15) is 5.69 Å². The lowest BCUT2D eigenvalue weighted by Gasteiger charge is -2.08. The van der Waals surface area contributed by atoms with E-state index in [0.29, 0.717) is 18.7 Å². The predicted octanol–water partition coefficient (Wildman–Crippen LogP) is 2.54. The van der Waals surface area contributed by atoms with Gasteiger partial charge >= 0.3 is 0 Å². The van der Waals surface area contributed by atoms with Crippen LogP contribution in [0.1, 0.15) is 17.5 Å². The number of hydrogen-bond acceptors (Lipinski definition) is 4. The van der Waals surface area contributed by atoms with Crippen LogP contribution in [-0.2, 0) is 0 Å². The molecule has 1 rings (SSSR count). The van der Waals surface area contributed by atoms with Crippen molar-refractivity contribution in [2.45, 2.75) is 20.3 Å². The number of nitrogens with one attached hydrogen (secondary N) is 1. The van der Waals surface area contributed by atoms with Crippen molar-refractivity contribution in [1.29, 1.82) is 5.26 Å². The average Bonchev–Trinajstić information content (AvgIpc) is 2.23. The van der Waals surface area contributed by atoms with Crippen LogP contribution in [0, 0.1) is 35.3 Å². The monoisotopic (exact) mass is 219 g/mol. The van der Waals surface area contributed by atoms with Gasteiger partial charge in [-0.2, -0.15) is 5.26 Å². The van der Waals surface area contributed by atoms with Crippen molar-refractivity contribution >= 4 is 11.4 Å². The number of benzene rings is 1. The van der Waals surface area contributed by atoms with Gasteiger partial charge in [0.15, 0.2) is 0 Å². The molecule has 16 heavy (non-hydrogen) atoms. The van der Waals surface area contributed by atoms with E-state index >= 15 is 0 Å². The van der Waals surface area contributed by atoms with Crippen molar-refractivity contribution in [1.82, 2.24) is 0 Å². The number of nitro benzene ring substituents is 1. The maximum atomic E-state index is 10.8. The highest BCUT2D eigenvalue weighted by Crippen LogP contribution is 2.27. The smallest absolute Gasteiger partial charge is 0.292 e. The van der Waals surface area contributed by atoms with Crippen molar-refractivity contribution in [3.8, 4) is 6.07 Å². The Morgan fingerprint density at radius 3 is 2.62 bits per heavy atom. The van der Waals surface area contributed by atoms with Crippen molar-refractivity contribution in [2.75, 3.05) is 11.9 Å². The molecule has 0 unspecified atom stereocenters. The second-order valence-electron chi connectivity index (χ2n) is 3.55. The van der Waals surface area contributed by atoms with Gasteiger partial charge in [-0.25, -0.2) is 0 Å². The quantitative estimate of drug-likeness (QED) is 0.479. The molecule has 0 atom stereocenters. The zero-order valence-electron chi connectivity index (χ0n) is 9.28. The van der Waals surface area contributed by atoms with Gasteiger partial charge in [0.05, 0.1) is 17.4 Å². The molecule has 0 saturated heterocycles.